The highest BCUT2D eigenvalue weighted by Gasteiger charge is 2.31. The lowest BCUT2D eigenvalue weighted by Crippen LogP contribution is -2.54. The van der Waals surface area contributed by atoms with Gasteiger partial charge in [0.15, 0.2) is 0 Å². The van der Waals surface area contributed by atoms with E-state index in [0.29, 0.717) is 0 Å². The van der Waals surface area contributed by atoms with Crippen molar-refractivity contribution in [2.24, 2.45) is 5.92 Å². The zero-order valence-corrected chi connectivity index (χ0v) is 15.2. The summed E-state index contributed by atoms with van der Waals surface area (Å²) < 4.78 is 0. The molecule has 1 aliphatic heterocycles. The second kappa shape index (κ2) is 7.17. The van der Waals surface area contributed by atoms with Crippen LogP contribution in [0.3, 0.4) is 0 Å². The summed E-state index contributed by atoms with van der Waals surface area (Å²) >= 11 is 0. The molecule has 2 aliphatic rings. The molecule has 132 valence electrons. The van der Waals surface area contributed by atoms with Crippen LogP contribution in [0, 0.1) is 5.92 Å². The van der Waals surface area contributed by atoms with Crippen LogP contribution in [-0.2, 0) is 0 Å². The van der Waals surface area contributed by atoms with Crippen molar-refractivity contribution >= 4 is 16.7 Å². The molecule has 4 rings (SSSR count). The van der Waals surface area contributed by atoms with Crippen molar-refractivity contribution in [2.75, 3.05) is 26.2 Å². The largest absolute Gasteiger partial charge is 0.336 e. The number of benzene rings is 2. The molecule has 0 bridgehead atoms. The van der Waals surface area contributed by atoms with Gasteiger partial charge in [0.25, 0.3) is 5.91 Å². The zero-order valence-electron chi connectivity index (χ0n) is 15.2. The van der Waals surface area contributed by atoms with Crippen LogP contribution in [0.5, 0.6) is 0 Å². The lowest BCUT2D eigenvalue weighted by atomic mass is 9.84. The highest BCUT2D eigenvalue weighted by molar-refractivity contribution is 6.07. The van der Waals surface area contributed by atoms with Gasteiger partial charge < -0.3 is 4.90 Å². The number of carbonyl (C=O) groups excluding carboxylic acids is 1. The van der Waals surface area contributed by atoms with Gasteiger partial charge in [-0.3, -0.25) is 9.69 Å². The van der Waals surface area contributed by atoms with Crippen molar-refractivity contribution in [1.82, 2.24) is 9.80 Å². The molecule has 0 spiro atoms. The van der Waals surface area contributed by atoms with Crippen LogP contribution in [0.25, 0.3) is 10.8 Å². The summed E-state index contributed by atoms with van der Waals surface area (Å²) in [7, 11) is 0. The van der Waals surface area contributed by atoms with E-state index in [9.17, 15) is 4.79 Å². The Bertz CT molecular complexity index is 743. The average Bonchev–Trinajstić information content (AvgIpc) is 2.67. The molecule has 2 aromatic rings. The van der Waals surface area contributed by atoms with E-state index in [4.69, 9.17) is 0 Å². The number of fused-ring (bicyclic) bond motifs is 1. The number of carbonyl (C=O) groups is 1. The number of piperazine rings is 1. The summed E-state index contributed by atoms with van der Waals surface area (Å²) in [5, 5.41) is 2.21. The highest BCUT2D eigenvalue weighted by Crippen LogP contribution is 2.29. The van der Waals surface area contributed by atoms with Gasteiger partial charge >= 0.3 is 0 Å². The van der Waals surface area contributed by atoms with Gasteiger partial charge in [-0.1, -0.05) is 56.2 Å². The lowest BCUT2D eigenvalue weighted by molar-refractivity contribution is 0.0424. The Morgan fingerprint density at radius 1 is 0.920 bits per heavy atom. The Morgan fingerprint density at radius 3 is 2.44 bits per heavy atom. The van der Waals surface area contributed by atoms with E-state index in [1.165, 1.54) is 25.7 Å². The summed E-state index contributed by atoms with van der Waals surface area (Å²) in [6, 6.07) is 15.0. The molecule has 3 nitrogen and oxygen atoms in total. The average molecular weight is 336 g/mol. The number of hydrogen-bond acceptors (Lipinski definition) is 2. The van der Waals surface area contributed by atoms with E-state index in [-0.39, 0.29) is 5.91 Å². The molecule has 0 N–H and O–H groups in total. The molecule has 3 heteroatoms. The zero-order chi connectivity index (χ0) is 17.2. The molecule has 1 amide bonds. The molecule has 2 fully saturated rings. The van der Waals surface area contributed by atoms with Gasteiger partial charge in [0.2, 0.25) is 0 Å². The van der Waals surface area contributed by atoms with Gasteiger partial charge in [0.05, 0.1) is 0 Å². The number of nitrogens with zero attached hydrogens (tertiary/aromatic N) is 2. The van der Waals surface area contributed by atoms with E-state index >= 15 is 0 Å². The fourth-order valence-electron chi connectivity index (χ4n) is 4.68. The van der Waals surface area contributed by atoms with Crippen molar-refractivity contribution in [2.45, 2.75) is 38.6 Å². The van der Waals surface area contributed by atoms with Crippen LogP contribution in [-0.4, -0.2) is 47.9 Å². The molecular weight excluding hydrogens is 308 g/mol. The first kappa shape index (κ1) is 16.6. The Morgan fingerprint density at radius 2 is 1.64 bits per heavy atom. The van der Waals surface area contributed by atoms with E-state index in [1.54, 1.807) is 0 Å². The van der Waals surface area contributed by atoms with Gasteiger partial charge in [-0.25, -0.2) is 0 Å². The van der Waals surface area contributed by atoms with E-state index < -0.39 is 0 Å². The molecular formula is C22H28N2O. The van der Waals surface area contributed by atoms with E-state index in [0.717, 1.165) is 54.5 Å². The number of hydrogen-bond donors (Lipinski definition) is 0. The molecule has 2 aromatic carbocycles. The van der Waals surface area contributed by atoms with Crippen LogP contribution in [0.4, 0.5) is 0 Å². The lowest BCUT2D eigenvalue weighted by Gasteiger charge is -2.43. The Labute approximate surface area is 150 Å². The summed E-state index contributed by atoms with van der Waals surface area (Å²) in [5.74, 6) is 0.988. The van der Waals surface area contributed by atoms with Crippen molar-refractivity contribution in [3.63, 3.8) is 0 Å². The molecule has 1 heterocycles. The van der Waals surface area contributed by atoms with Gasteiger partial charge in [-0.2, -0.15) is 0 Å². The summed E-state index contributed by atoms with van der Waals surface area (Å²) in [6.45, 7) is 6.14. The van der Waals surface area contributed by atoms with Crippen molar-refractivity contribution in [1.29, 1.82) is 0 Å². The van der Waals surface area contributed by atoms with Crippen molar-refractivity contribution < 1.29 is 4.79 Å². The molecule has 1 aliphatic carbocycles. The fourth-order valence-corrected chi connectivity index (χ4v) is 4.68. The first-order valence-electron chi connectivity index (χ1n) is 9.75. The van der Waals surface area contributed by atoms with Crippen molar-refractivity contribution in [3.05, 3.63) is 48.0 Å². The minimum atomic E-state index is 0.188. The maximum atomic E-state index is 13.1. The second-order valence-electron chi connectivity index (χ2n) is 7.68. The van der Waals surface area contributed by atoms with Gasteiger partial charge in [-0.05, 0) is 35.6 Å². The number of amides is 1. The predicted octanol–water partition coefficient (Wildman–Crippen LogP) is 4.18. The standard InChI is InChI=1S/C22H28N2O/c1-17-7-2-5-12-21(17)23-13-15-24(16-14-23)22(25)20-11-6-9-18-8-3-4-10-19(18)20/h3-4,6,8-11,17,21H,2,5,7,12-16H2,1H3/t17-,21-/m0/s1. The molecule has 0 unspecified atom stereocenters. The smallest absolute Gasteiger partial charge is 0.254 e. The summed E-state index contributed by atoms with van der Waals surface area (Å²) in [5.41, 5.74) is 0.845. The Hall–Kier alpha value is -1.87. The van der Waals surface area contributed by atoms with Crippen LogP contribution in [0.2, 0.25) is 0 Å². The van der Waals surface area contributed by atoms with Crippen molar-refractivity contribution in [3.8, 4) is 0 Å². The molecule has 25 heavy (non-hydrogen) atoms. The van der Waals surface area contributed by atoms with Gasteiger partial charge in [-0.15, -0.1) is 0 Å². The normalized spacial score (nSPS) is 25.2. The highest BCUT2D eigenvalue weighted by atomic mass is 16.2. The molecule has 2 atom stereocenters. The molecule has 1 saturated heterocycles. The first-order chi connectivity index (χ1) is 12.2. The van der Waals surface area contributed by atoms with Crippen LogP contribution in [0.15, 0.2) is 42.5 Å². The monoisotopic (exact) mass is 336 g/mol. The molecule has 0 radical (unpaired) electrons. The third-order valence-electron chi connectivity index (χ3n) is 6.16. The van der Waals surface area contributed by atoms with Gasteiger partial charge in [0.1, 0.15) is 0 Å². The summed E-state index contributed by atoms with van der Waals surface area (Å²) in [6.07, 6.45) is 5.44. The fraction of sp³-hybridized carbons (Fsp3) is 0.500. The maximum absolute atomic E-state index is 13.1. The molecule has 0 aromatic heterocycles. The second-order valence-corrected chi connectivity index (χ2v) is 7.68. The Kier molecular flexibility index (Phi) is 4.76. The number of rotatable bonds is 2. The first-order valence-corrected chi connectivity index (χ1v) is 9.75. The van der Waals surface area contributed by atoms with Crippen LogP contribution >= 0.6 is 0 Å². The van der Waals surface area contributed by atoms with Crippen LogP contribution in [0.1, 0.15) is 43.0 Å². The van der Waals surface area contributed by atoms with E-state index in [1.807, 2.05) is 29.2 Å². The summed E-state index contributed by atoms with van der Waals surface area (Å²) in [4.78, 5) is 17.8. The Balaban J connectivity index is 1.46. The molecule has 1 saturated carbocycles. The maximum Gasteiger partial charge on any atom is 0.254 e. The third-order valence-corrected chi connectivity index (χ3v) is 6.16. The van der Waals surface area contributed by atoms with Crippen LogP contribution < -0.4 is 0 Å². The minimum absolute atomic E-state index is 0.188. The third kappa shape index (κ3) is 3.30. The van der Waals surface area contributed by atoms with Gasteiger partial charge in [0, 0.05) is 37.8 Å². The minimum Gasteiger partial charge on any atom is -0.336 e. The predicted molar refractivity (Wildman–Crippen MR) is 103 cm³/mol. The van der Waals surface area contributed by atoms with E-state index in [2.05, 4.69) is 30.0 Å². The topological polar surface area (TPSA) is 23.6 Å². The SMILES string of the molecule is C[C@H]1CCCC[C@@H]1N1CCN(C(=O)c2cccc3ccccc23)CC1. The quantitative estimate of drug-likeness (QED) is 0.821.